The van der Waals surface area contributed by atoms with Crippen molar-refractivity contribution in [3.8, 4) is 0 Å². The van der Waals surface area contributed by atoms with E-state index in [1.165, 1.54) is 6.20 Å². The second-order valence-corrected chi connectivity index (χ2v) is 8.01. The number of hydrogen-bond donors (Lipinski definition) is 1. The van der Waals surface area contributed by atoms with E-state index in [4.69, 9.17) is 0 Å². The molecule has 1 aliphatic rings. The second kappa shape index (κ2) is 6.90. The molecular weight excluding hydrogens is 326 g/mol. The van der Waals surface area contributed by atoms with E-state index in [1.54, 1.807) is 16.4 Å². The molecule has 1 saturated heterocycles. The summed E-state index contributed by atoms with van der Waals surface area (Å²) in [5, 5.41) is 7.40. The van der Waals surface area contributed by atoms with Crippen molar-refractivity contribution in [2.45, 2.75) is 37.6 Å². The molecule has 2 aromatic heterocycles. The van der Waals surface area contributed by atoms with Gasteiger partial charge in [0.2, 0.25) is 10.0 Å². The van der Waals surface area contributed by atoms with Crippen LogP contribution < -0.4 is 5.32 Å². The summed E-state index contributed by atoms with van der Waals surface area (Å²) in [6.07, 6.45) is 6.20. The normalized spacial score (nSPS) is 16.2. The van der Waals surface area contributed by atoms with Crippen LogP contribution in [0, 0.1) is 6.92 Å². The fourth-order valence-corrected chi connectivity index (χ4v) is 4.26. The highest BCUT2D eigenvalue weighted by molar-refractivity contribution is 7.89. The van der Waals surface area contributed by atoms with Gasteiger partial charge in [-0.25, -0.2) is 13.4 Å². The maximum Gasteiger partial charge on any atom is 0.244 e. The molecular formula is C16H23N5O2S. The van der Waals surface area contributed by atoms with Gasteiger partial charge in [0, 0.05) is 44.1 Å². The predicted octanol–water partition coefficient (Wildman–Crippen LogP) is 1.91. The first-order valence-corrected chi connectivity index (χ1v) is 9.60. The number of rotatable bonds is 5. The second-order valence-electron chi connectivity index (χ2n) is 6.08. The van der Waals surface area contributed by atoms with Crippen molar-refractivity contribution in [2.24, 2.45) is 7.05 Å². The third-order valence-corrected chi connectivity index (χ3v) is 6.37. The molecule has 3 heterocycles. The van der Waals surface area contributed by atoms with Crippen LogP contribution in [0.2, 0.25) is 0 Å². The van der Waals surface area contributed by atoms with Crippen molar-refractivity contribution in [2.75, 3.05) is 18.4 Å². The molecule has 0 atom stereocenters. The highest BCUT2D eigenvalue weighted by Gasteiger charge is 2.26. The van der Waals surface area contributed by atoms with Gasteiger partial charge in [0.1, 0.15) is 10.7 Å². The number of nitrogens with zero attached hydrogens (tertiary/aromatic N) is 4. The minimum Gasteiger partial charge on any atom is -0.366 e. The zero-order chi connectivity index (χ0) is 17.2. The van der Waals surface area contributed by atoms with Gasteiger partial charge in [-0.15, -0.1) is 0 Å². The van der Waals surface area contributed by atoms with Gasteiger partial charge in [-0.1, -0.05) is 6.42 Å². The van der Waals surface area contributed by atoms with Crippen molar-refractivity contribution in [1.29, 1.82) is 0 Å². The first kappa shape index (κ1) is 16.9. The van der Waals surface area contributed by atoms with E-state index in [2.05, 4.69) is 15.4 Å². The summed E-state index contributed by atoms with van der Waals surface area (Å²) in [6, 6.07) is 3.33. The number of nitrogens with one attached hydrogen (secondary N) is 1. The number of sulfonamides is 1. The molecule has 0 bridgehead atoms. The van der Waals surface area contributed by atoms with E-state index >= 15 is 0 Å². The summed E-state index contributed by atoms with van der Waals surface area (Å²) in [4.78, 5) is 4.50. The molecule has 0 radical (unpaired) electrons. The molecule has 0 aliphatic carbocycles. The van der Waals surface area contributed by atoms with Gasteiger partial charge in [0.05, 0.1) is 6.20 Å². The highest BCUT2D eigenvalue weighted by atomic mass is 32.2. The van der Waals surface area contributed by atoms with E-state index in [-0.39, 0.29) is 4.90 Å². The van der Waals surface area contributed by atoms with Crippen molar-refractivity contribution in [3.63, 3.8) is 0 Å². The van der Waals surface area contributed by atoms with Gasteiger partial charge in [0.25, 0.3) is 0 Å². The van der Waals surface area contributed by atoms with Crippen molar-refractivity contribution in [1.82, 2.24) is 19.1 Å². The molecule has 3 rings (SSSR count). The quantitative estimate of drug-likeness (QED) is 0.892. The molecule has 0 unspecified atom stereocenters. The van der Waals surface area contributed by atoms with E-state index in [9.17, 15) is 8.42 Å². The Hall–Kier alpha value is -1.93. The summed E-state index contributed by atoms with van der Waals surface area (Å²) in [5.74, 6) is 0.649. The van der Waals surface area contributed by atoms with Gasteiger partial charge in [0.15, 0.2) is 0 Å². The summed E-state index contributed by atoms with van der Waals surface area (Å²) in [5.41, 5.74) is 2.18. The molecule has 1 aliphatic heterocycles. The fourth-order valence-electron chi connectivity index (χ4n) is 2.80. The maximum absolute atomic E-state index is 12.6. The molecule has 0 aromatic carbocycles. The Morgan fingerprint density at radius 2 is 1.92 bits per heavy atom. The largest absolute Gasteiger partial charge is 0.366 e. The minimum absolute atomic E-state index is 0.257. The van der Waals surface area contributed by atoms with E-state index < -0.39 is 10.0 Å². The smallest absolute Gasteiger partial charge is 0.244 e. The Morgan fingerprint density at radius 3 is 2.50 bits per heavy atom. The zero-order valence-corrected chi connectivity index (χ0v) is 14.9. The molecule has 0 spiro atoms. The third kappa shape index (κ3) is 3.44. The monoisotopic (exact) mass is 349 g/mol. The van der Waals surface area contributed by atoms with Crippen LogP contribution in [0.1, 0.15) is 30.5 Å². The van der Waals surface area contributed by atoms with Gasteiger partial charge in [-0.3, -0.25) is 4.68 Å². The summed E-state index contributed by atoms with van der Waals surface area (Å²) in [6.45, 7) is 3.81. The molecule has 2 aromatic rings. The van der Waals surface area contributed by atoms with Crippen LogP contribution in [-0.4, -0.2) is 40.6 Å². The lowest BCUT2D eigenvalue weighted by atomic mass is 10.2. The fraction of sp³-hybridized carbons (Fsp3) is 0.500. The Kier molecular flexibility index (Phi) is 4.86. The lowest BCUT2D eigenvalue weighted by Gasteiger charge is -2.25. The molecule has 1 fully saturated rings. The number of hydrogen-bond acceptors (Lipinski definition) is 5. The van der Waals surface area contributed by atoms with Crippen LogP contribution in [0.5, 0.6) is 0 Å². The van der Waals surface area contributed by atoms with Crippen LogP contribution in [0.3, 0.4) is 0 Å². The number of aromatic nitrogens is 3. The van der Waals surface area contributed by atoms with Crippen molar-refractivity contribution < 1.29 is 8.42 Å². The summed E-state index contributed by atoms with van der Waals surface area (Å²) >= 11 is 0. The average Bonchev–Trinajstić information content (AvgIpc) is 2.93. The van der Waals surface area contributed by atoms with Crippen LogP contribution in [0.25, 0.3) is 0 Å². The molecule has 24 heavy (non-hydrogen) atoms. The van der Waals surface area contributed by atoms with Gasteiger partial charge in [-0.2, -0.15) is 9.40 Å². The molecule has 1 N–H and O–H groups in total. The summed E-state index contributed by atoms with van der Waals surface area (Å²) in [7, 11) is -1.52. The molecule has 7 nitrogen and oxygen atoms in total. The molecule has 0 amide bonds. The van der Waals surface area contributed by atoms with Gasteiger partial charge >= 0.3 is 0 Å². The number of pyridine rings is 1. The summed E-state index contributed by atoms with van der Waals surface area (Å²) < 4.78 is 28.5. The number of anilines is 1. The minimum atomic E-state index is -3.42. The average molecular weight is 349 g/mol. The predicted molar refractivity (Wildman–Crippen MR) is 92.1 cm³/mol. The number of aryl methyl sites for hydroxylation is 1. The zero-order valence-electron chi connectivity index (χ0n) is 14.1. The molecule has 130 valence electrons. The van der Waals surface area contributed by atoms with Crippen LogP contribution in [0.4, 0.5) is 5.82 Å². The Labute approximate surface area is 142 Å². The molecule has 0 saturated carbocycles. The van der Waals surface area contributed by atoms with Crippen LogP contribution in [0.15, 0.2) is 29.4 Å². The van der Waals surface area contributed by atoms with Crippen molar-refractivity contribution >= 4 is 15.8 Å². The Bertz CT molecular complexity index is 792. The Balaban J connectivity index is 1.67. The van der Waals surface area contributed by atoms with E-state index in [0.717, 1.165) is 30.5 Å². The number of piperidine rings is 1. The highest BCUT2D eigenvalue weighted by Crippen LogP contribution is 2.21. The lowest BCUT2D eigenvalue weighted by molar-refractivity contribution is 0.346. The lowest BCUT2D eigenvalue weighted by Crippen LogP contribution is -2.35. The van der Waals surface area contributed by atoms with Crippen LogP contribution >= 0.6 is 0 Å². The van der Waals surface area contributed by atoms with E-state index in [0.29, 0.717) is 25.5 Å². The van der Waals surface area contributed by atoms with E-state index in [1.807, 2.05) is 24.9 Å². The standard InChI is InChI=1S/C16H23N5O2S/c1-13-14(11-19-20(13)2)10-17-16-7-6-15(12-18-16)24(22,23)21-8-4-3-5-9-21/h6-7,11-12H,3-5,8-10H2,1-2H3,(H,17,18). The van der Waals surface area contributed by atoms with Crippen molar-refractivity contribution in [3.05, 3.63) is 35.8 Å². The maximum atomic E-state index is 12.6. The SMILES string of the molecule is Cc1c(CNc2ccc(S(=O)(=O)N3CCCCC3)cn2)cnn1C. The topological polar surface area (TPSA) is 80.1 Å². The van der Waals surface area contributed by atoms with Gasteiger partial charge < -0.3 is 5.32 Å². The van der Waals surface area contributed by atoms with Crippen LogP contribution in [-0.2, 0) is 23.6 Å². The Morgan fingerprint density at radius 1 is 1.17 bits per heavy atom. The first-order chi connectivity index (χ1) is 11.5. The molecule has 8 heteroatoms. The first-order valence-electron chi connectivity index (χ1n) is 8.16. The van der Waals surface area contributed by atoms with Gasteiger partial charge in [-0.05, 0) is 31.9 Å². The third-order valence-electron chi connectivity index (χ3n) is 4.49.